The summed E-state index contributed by atoms with van der Waals surface area (Å²) in [5.41, 5.74) is -0.229. The van der Waals surface area contributed by atoms with E-state index in [1.807, 2.05) is 6.92 Å². The maximum atomic E-state index is 13.5. The van der Waals surface area contributed by atoms with Gasteiger partial charge in [-0.15, -0.1) is 0 Å². The molecule has 0 saturated carbocycles. The maximum Gasteiger partial charge on any atom is 0.433 e. The number of amides is 1. The zero-order chi connectivity index (χ0) is 20.9. The number of hydrogen-bond donors (Lipinski definition) is 1. The molecule has 3 heterocycles. The highest BCUT2D eigenvalue weighted by Gasteiger charge is 2.36. The van der Waals surface area contributed by atoms with Crippen LogP contribution in [-0.2, 0) is 15.7 Å². The van der Waals surface area contributed by atoms with E-state index < -0.39 is 11.9 Å². The number of anilines is 1. The van der Waals surface area contributed by atoms with Gasteiger partial charge >= 0.3 is 6.18 Å². The number of halogens is 3. The zero-order valence-corrected chi connectivity index (χ0v) is 15.5. The number of carbonyl (C=O) groups is 1. The molecule has 0 aliphatic rings. The second-order valence-corrected chi connectivity index (χ2v) is 5.96. The van der Waals surface area contributed by atoms with Crippen LogP contribution in [0.2, 0.25) is 0 Å². The molecule has 1 N–H and O–H groups in total. The van der Waals surface area contributed by atoms with Crippen LogP contribution in [0.5, 0.6) is 0 Å². The van der Waals surface area contributed by atoms with E-state index in [1.165, 1.54) is 30.7 Å². The summed E-state index contributed by atoms with van der Waals surface area (Å²) in [5.74, 6) is -0.0731. The summed E-state index contributed by atoms with van der Waals surface area (Å²) in [5, 5.41) is 6.64. The molecule has 3 aromatic heterocycles. The summed E-state index contributed by atoms with van der Waals surface area (Å²) < 4.78 is 46.4. The van der Waals surface area contributed by atoms with Crippen LogP contribution in [0.15, 0.2) is 48.9 Å². The fraction of sp³-hybridized carbons (Fsp3) is 0.263. The van der Waals surface area contributed by atoms with Gasteiger partial charge in [0.05, 0.1) is 30.6 Å². The third kappa shape index (κ3) is 5.17. The Bertz CT molecular complexity index is 956. The molecular formula is C19H18F3N5O2. The van der Waals surface area contributed by atoms with E-state index in [0.717, 1.165) is 10.7 Å². The van der Waals surface area contributed by atoms with Crippen molar-refractivity contribution >= 4 is 11.7 Å². The highest BCUT2D eigenvalue weighted by Crippen LogP contribution is 2.33. The Kier molecular flexibility index (Phi) is 6.23. The number of rotatable bonds is 7. The van der Waals surface area contributed by atoms with Gasteiger partial charge in [0.1, 0.15) is 11.5 Å². The molecule has 0 unspecified atom stereocenters. The summed E-state index contributed by atoms with van der Waals surface area (Å²) in [7, 11) is 0. The average molecular weight is 405 g/mol. The van der Waals surface area contributed by atoms with Crippen molar-refractivity contribution in [1.82, 2.24) is 19.7 Å². The predicted octanol–water partition coefficient (Wildman–Crippen LogP) is 3.71. The van der Waals surface area contributed by atoms with Crippen molar-refractivity contribution in [3.63, 3.8) is 0 Å². The number of nitrogens with zero attached hydrogens (tertiary/aromatic N) is 4. The lowest BCUT2D eigenvalue weighted by Gasteiger charge is -2.10. The van der Waals surface area contributed by atoms with Crippen LogP contribution in [-0.4, -0.2) is 38.9 Å². The molecule has 3 rings (SSSR count). The van der Waals surface area contributed by atoms with Crippen LogP contribution in [0.25, 0.3) is 16.9 Å². The Morgan fingerprint density at radius 2 is 2.07 bits per heavy atom. The number of ether oxygens (including phenoxy) is 1. The third-order valence-corrected chi connectivity index (χ3v) is 3.89. The van der Waals surface area contributed by atoms with Crippen molar-refractivity contribution in [2.45, 2.75) is 19.5 Å². The standard InChI is InChI=1S/C19H18F3N5O2/c1-2-29-9-7-18(28)25-17-6-5-14(12-24-17)27-16(19(20,21)22)10-15(26-27)13-4-3-8-23-11-13/h3-6,8,10-12H,2,7,9H2,1H3,(H,24,25,28). The first-order valence-corrected chi connectivity index (χ1v) is 8.80. The molecule has 10 heteroatoms. The van der Waals surface area contributed by atoms with E-state index >= 15 is 0 Å². The highest BCUT2D eigenvalue weighted by molar-refractivity contribution is 5.89. The van der Waals surface area contributed by atoms with E-state index in [0.29, 0.717) is 12.2 Å². The van der Waals surface area contributed by atoms with Crippen LogP contribution >= 0.6 is 0 Å². The number of carbonyl (C=O) groups excluding carboxylic acids is 1. The summed E-state index contributed by atoms with van der Waals surface area (Å²) in [4.78, 5) is 19.7. The number of pyridine rings is 2. The lowest BCUT2D eigenvalue weighted by molar-refractivity contribution is -0.142. The Morgan fingerprint density at radius 3 is 2.69 bits per heavy atom. The van der Waals surface area contributed by atoms with Crippen molar-refractivity contribution in [2.24, 2.45) is 0 Å². The Labute approximate surface area is 164 Å². The van der Waals surface area contributed by atoms with Crippen molar-refractivity contribution in [3.8, 4) is 16.9 Å². The van der Waals surface area contributed by atoms with Crippen LogP contribution in [0, 0.1) is 0 Å². The van der Waals surface area contributed by atoms with Crippen molar-refractivity contribution in [3.05, 3.63) is 54.6 Å². The average Bonchev–Trinajstić information content (AvgIpc) is 3.15. The molecule has 7 nitrogen and oxygen atoms in total. The molecule has 0 atom stereocenters. The van der Waals surface area contributed by atoms with Gasteiger partial charge in [0.15, 0.2) is 0 Å². The van der Waals surface area contributed by atoms with Gasteiger partial charge in [0, 0.05) is 24.6 Å². The fourth-order valence-electron chi connectivity index (χ4n) is 2.54. The molecule has 1 amide bonds. The zero-order valence-electron chi connectivity index (χ0n) is 15.5. The normalized spacial score (nSPS) is 11.4. The van der Waals surface area contributed by atoms with Crippen LogP contribution in [0.4, 0.5) is 19.0 Å². The molecule has 29 heavy (non-hydrogen) atoms. The number of nitrogens with one attached hydrogen (secondary N) is 1. The van der Waals surface area contributed by atoms with Gasteiger partial charge in [-0.25, -0.2) is 9.67 Å². The molecular weight excluding hydrogens is 387 g/mol. The highest BCUT2D eigenvalue weighted by atomic mass is 19.4. The molecule has 0 saturated heterocycles. The number of aromatic nitrogens is 4. The number of hydrogen-bond acceptors (Lipinski definition) is 5. The van der Waals surface area contributed by atoms with Crippen LogP contribution in [0.1, 0.15) is 19.0 Å². The molecule has 0 radical (unpaired) electrons. The van der Waals surface area contributed by atoms with Gasteiger partial charge in [-0.05, 0) is 37.3 Å². The molecule has 0 bridgehead atoms. The largest absolute Gasteiger partial charge is 0.433 e. The van der Waals surface area contributed by atoms with Crippen LogP contribution in [0.3, 0.4) is 0 Å². The minimum absolute atomic E-state index is 0.111. The third-order valence-electron chi connectivity index (χ3n) is 3.89. The Balaban J connectivity index is 1.84. The van der Waals surface area contributed by atoms with Crippen LogP contribution < -0.4 is 5.32 Å². The van der Waals surface area contributed by atoms with Crippen molar-refractivity contribution in [1.29, 1.82) is 0 Å². The SMILES string of the molecule is CCOCCC(=O)Nc1ccc(-n2nc(-c3cccnc3)cc2C(F)(F)F)cn1. The molecule has 152 valence electrons. The van der Waals surface area contributed by atoms with E-state index in [-0.39, 0.29) is 36.1 Å². The smallest absolute Gasteiger partial charge is 0.381 e. The molecule has 3 aromatic rings. The second kappa shape index (κ2) is 8.82. The van der Waals surface area contributed by atoms with E-state index in [2.05, 4.69) is 20.4 Å². The molecule has 0 aliphatic carbocycles. The Morgan fingerprint density at radius 1 is 1.24 bits per heavy atom. The molecule has 0 aliphatic heterocycles. The van der Waals surface area contributed by atoms with Gasteiger partial charge in [-0.3, -0.25) is 9.78 Å². The summed E-state index contributed by atoms with van der Waals surface area (Å²) in [6.07, 6.45) is -0.279. The first kappa shape index (κ1) is 20.5. The molecule has 0 aromatic carbocycles. The summed E-state index contributed by atoms with van der Waals surface area (Å²) in [6, 6.07) is 7.02. The molecule has 0 spiro atoms. The minimum atomic E-state index is -4.61. The van der Waals surface area contributed by atoms with E-state index in [1.54, 1.807) is 12.1 Å². The summed E-state index contributed by atoms with van der Waals surface area (Å²) >= 11 is 0. The van der Waals surface area contributed by atoms with Gasteiger partial charge in [0.25, 0.3) is 0 Å². The Hall–Kier alpha value is -3.27. The quantitative estimate of drug-likeness (QED) is 0.606. The monoisotopic (exact) mass is 405 g/mol. The van der Waals surface area contributed by atoms with Crippen molar-refractivity contribution < 1.29 is 22.7 Å². The number of alkyl halides is 3. The first-order chi connectivity index (χ1) is 13.9. The van der Waals surface area contributed by atoms with Gasteiger partial charge in [0.2, 0.25) is 5.91 Å². The second-order valence-electron chi connectivity index (χ2n) is 5.96. The first-order valence-electron chi connectivity index (χ1n) is 8.80. The summed E-state index contributed by atoms with van der Waals surface area (Å²) in [6.45, 7) is 2.61. The van der Waals surface area contributed by atoms with Crippen molar-refractivity contribution in [2.75, 3.05) is 18.5 Å². The molecule has 0 fully saturated rings. The maximum absolute atomic E-state index is 13.5. The van der Waals surface area contributed by atoms with E-state index in [4.69, 9.17) is 4.74 Å². The topological polar surface area (TPSA) is 81.9 Å². The fourth-order valence-corrected chi connectivity index (χ4v) is 2.54. The van der Waals surface area contributed by atoms with Gasteiger partial charge in [-0.2, -0.15) is 18.3 Å². The minimum Gasteiger partial charge on any atom is -0.381 e. The van der Waals surface area contributed by atoms with E-state index in [9.17, 15) is 18.0 Å². The lowest BCUT2D eigenvalue weighted by Crippen LogP contribution is -2.16. The lowest BCUT2D eigenvalue weighted by atomic mass is 10.2. The van der Waals surface area contributed by atoms with Gasteiger partial charge < -0.3 is 10.1 Å². The van der Waals surface area contributed by atoms with Gasteiger partial charge in [-0.1, -0.05) is 0 Å². The predicted molar refractivity (Wildman–Crippen MR) is 99.3 cm³/mol.